The summed E-state index contributed by atoms with van der Waals surface area (Å²) >= 11 is 0. The Morgan fingerprint density at radius 1 is 1.19 bits per heavy atom. The van der Waals surface area contributed by atoms with Crippen LogP contribution in [0.3, 0.4) is 0 Å². The summed E-state index contributed by atoms with van der Waals surface area (Å²) in [6.45, 7) is 0.643. The number of pyridine rings is 1. The van der Waals surface area contributed by atoms with Crippen LogP contribution in [-0.4, -0.2) is 43.0 Å². The van der Waals surface area contributed by atoms with Crippen molar-refractivity contribution in [1.29, 1.82) is 0 Å². The Hall–Kier alpha value is -3.09. The van der Waals surface area contributed by atoms with Crippen molar-refractivity contribution in [2.75, 3.05) is 6.54 Å². The van der Waals surface area contributed by atoms with Crippen molar-refractivity contribution in [2.45, 2.75) is 25.3 Å². The van der Waals surface area contributed by atoms with Crippen molar-refractivity contribution in [3.8, 4) is 0 Å². The van der Waals surface area contributed by atoms with E-state index < -0.39 is 5.97 Å². The molecule has 4 rings (SSSR count). The van der Waals surface area contributed by atoms with Crippen LogP contribution in [0.1, 0.15) is 52.0 Å². The number of aromatic carboxylic acids is 1. The van der Waals surface area contributed by atoms with Crippen molar-refractivity contribution >= 4 is 22.9 Å². The molecule has 134 valence electrons. The van der Waals surface area contributed by atoms with Crippen LogP contribution in [0.5, 0.6) is 0 Å². The van der Waals surface area contributed by atoms with Gasteiger partial charge in [-0.15, -0.1) is 0 Å². The molecule has 1 fully saturated rings. The van der Waals surface area contributed by atoms with E-state index in [-0.39, 0.29) is 17.6 Å². The second-order valence-corrected chi connectivity index (χ2v) is 6.62. The molecule has 26 heavy (non-hydrogen) atoms. The fourth-order valence-corrected chi connectivity index (χ4v) is 3.76. The zero-order valence-electron chi connectivity index (χ0n) is 14.5. The first-order chi connectivity index (χ1) is 12.6. The van der Waals surface area contributed by atoms with Gasteiger partial charge in [-0.05, 0) is 49.6 Å². The van der Waals surface area contributed by atoms with Crippen LogP contribution in [0.15, 0.2) is 36.5 Å². The fraction of sp³-hybridized carbons (Fsp3) is 0.316. The molecule has 1 aliphatic rings. The summed E-state index contributed by atoms with van der Waals surface area (Å²) in [5.74, 6) is -1.08. The fourth-order valence-electron chi connectivity index (χ4n) is 3.76. The summed E-state index contributed by atoms with van der Waals surface area (Å²) in [5, 5.41) is 9.30. The Balaban J connectivity index is 1.68. The third-order valence-electron chi connectivity index (χ3n) is 5.11. The quantitative estimate of drug-likeness (QED) is 0.758. The summed E-state index contributed by atoms with van der Waals surface area (Å²) in [4.78, 5) is 33.8. The SMILES string of the molecule is Cn1c(C(=O)O)ccc1C1CCCCN1C(=O)c1ccc2[nH]ccc2n1. The van der Waals surface area contributed by atoms with E-state index in [0.29, 0.717) is 12.2 Å². The number of carbonyl (C=O) groups is 2. The van der Waals surface area contributed by atoms with Crippen LogP contribution in [-0.2, 0) is 7.05 Å². The Morgan fingerprint density at radius 2 is 2.04 bits per heavy atom. The van der Waals surface area contributed by atoms with Gasteiger partial charge in [0.25, 0.3) is 5.91 Å². The molecule has 3 aromatic heterocycles. The summed E-state index contributed by atoms with van der Waals surface area (Å²) in [6.07, 6.45) is 4.55. The summed E-state index contributed by atoms with van der Waals surface area (Å²) in [6, 6.07) is 8.70. The molecule has 3 aromatic rings. The first kappa shape index (κ1) is 16.4. The summed E-state index contributed by atoms with van der Waals surface area (Å²) in [7, 11) is 1.74. The molecule has 0 bridgehead atoms. The number of hydrogen-bond donors (Lipinski definition) is 2. The number of nitrogens with one attached hydrogen (secondary N) is 1. The molecule has 1 aliphatic heterocycles. The minimum atomic E-state index is -0.966. The van der Waals surface area contributed by atoms with Crippen molar-refractivity contribution in [3.63, 3.8) is 0 Å². The lowest BCUT2D eigenvalue weighted by Gasteiger charge is -2.36. The Labute approximate surface area is 150 Å². The van der Waals surface area contributed by atoms with Gasteiger partial charge in [0.05, 0.1) is 17.1 Å². The van der Waals surface area contributed by atoms with Crippen molar-refractivity contribution in [3.05, 3.63) is 53.6 Å². The maximum atomic E-state index is 13.1. The maximum absolute atomic E-state index is 13.1. The van der Waals surface area contributed by atoms with Gasteiger partial charge in [-0.25, -0.2) is 9.78 Å². The van der Waals surface area contributed by atoms with Crippen LogP contribution in [0.4, 0.5) is 0 Å². The van der Waals surface area contributed by atoms with Gasteiger partial charge in [-0.1, -0.05) is 0 Å². The van der Waals surface area contributed by atoms with Crippen LogP contribution in [0, 0.1) is 0 Å². The molecule has 1 unspecified atom stereocenters. The summed E-state index contributed by atoms with van der Waals surface area (Å²) in [5.41, 5.74) is 3.14. The molecule has 0 spiro atoms. The van der Waals surface area contributed by atoms with Crippen LogP contribution < -0.4 is 0 Å². The van der Waals surface area contributed by atoms with E-state index in [1.165, 1.54) is 0 Å². The zero-order valence-corrected chi connectivity index (χ0v) is 14.5. The van der Waals surface area contributed by atoms with Crippen molar-refractivity contribution < 1.29 is 14.7 Å². The first-order valence-corrected chi connectivity index (χ1v) is 8.70. The number of hydrogen-bond acceptors (Lipinski definition) is 3. The second kappa shape index (κ2) is 6.33. The van der Waals surface area contributed by atoms with Gasteiger partial charge >= 0.3 is 5.97 Å². The van der Waals surface area contributed by atoms with Gasteiger partial charge in [-0.2, -0.15) is 0 Å². The second-order valence-electron chi connectivity index (χ2n) is 6.62. The standard InChI is InChI=1S/C19H20N4O3/c1-22-15(7-8-17(22)19(25)26)16-4-2-3-11-23(16)18(24)14-6-5-12-13(21-14)9-10-20-12/h5-10,16,20H,2-4,11H2,1H3,(H,25,26). The Morgan fingerprint density at radius 3 is 2.81 bits per heavy atom. The van der Waals surface area contributed by atoms with Crippen LogP contribution >= 0.6 is 0 Å². The number of amides is 1. The van der Waals surface area contributed by atoms with Crippen LogP contribution in [0.2, 0.25) is 0 Å². The van der Waals surface area contributed by atoms with Gasteiger partial charge < -0.3 is 19.6 Å². The van der Waals surface area contributed by atoms with E-state index in [1.54, 1.807) is 29.9 Å². The molecule has 1 saturated heterocycles. The molecule has 0 aromatic carbocycles. The number of carboxylic acids is 1. The zero-order chi connectivity index (χ0) is 18.3. The average Bonchev–Trinajstić information content (AvgIpc) is 3.26. The molecule has 1 amide bonds. The normalized spacial score (nSPS) is 17.6. The smallest absolute Gasteiger partial charge is 0.352 e. The molecule has 2 N–H and O–H groups in total. The highest BCUT2D eigenvalue weighted by atomic mass is 16.4. The third-order valence-corrected chi connectivity index (χ3v) is 5.11. The third kappa shape index (κ3) is 2.65. The predicted octanol–water partition coefficient (Wildman–Crippen LogP) is 2.97. The lowest BCUT2D eigenvalue weighted by Crippen LogP contribution is -2.39. The maximum Gasteiger partial charge on any atom is 0.352 e. The highest BCUT2D eigenvalue weighted by Crippen LogP contribution is 2.33. The number of carbonyl (C=O) groups excluding carboxylic acids is 1. The molecule has 0 radical (unpaired) electrons. The van der Waals surface area contributed by atoms with Gasteiger partial charge in [0.15, 0.2) is 0 Å². The Kier molecular flexibility index (Phi) is 3.99. The van der Waals surface area contributed by atoms with E-state index in [0.717, 1.165) is 36.0 Å². The van der Waals surface area contributed by atoms with Gasteiger partial charge in [0.1, 0.15) is 11.4 Å². The monoisotopic (exact) mass is 352 g/mol. The average molecular weight is 352 g/mol. The number of rotatable bonds is 3. The molecular formula is C19H20N4O3. The number of H-pyrrole nitrogens is 1. The van der Waals surface area contributed by atoms with Crippen LogP contribution in [0.25, 0.3) is 11.0 Å². The number of nitrogens with zero attached hydrogens (tertiary/aromatic N) is 3. The number of aromatic nitrogens is 3. The van der Waals surface area contributed by atoms with E-state index in [1.807, 2.05) is 23.1 Å². The number of carboxylic acid groups (broad SMARTS) is 1. The minimum Gasteiger partial charge on any atom is -0.477 e. The lowest BCUT2D eigenvalue weighted by atomic mass is 9.98. The van der Waals surface area contributed by atoms with Gasteiger partial charge in [0.2, 0.25) is 0 Å². The first-order valence-electron chi connectivity index (χ1n) is 8.70. The predicted molar refractivity (Wildman–Crippen MR) is 96.1 cm³/mol. The van der Waals surface area contributed by atoms with E-state index >= 15 is 0 Å². The topological polar surface area (TPSA) is 91.2 Å². The van der Waals surface area contributed by atoms with Crippen molar-refractivity contribution in [1.82, 2.24) is 19.4 Å². The number of aromatic amines is 1. The molecule has 7 nitrogen and oxygen atoms in total. The number of piperidine rings is 1. The molecule has 7 heteroatoms. The van der Waals surface area contributed by atoms with E-state index in [9.17, 15) is 14.7 Å². The molecular weight excluding hydrogens is 332 g/mol. The molecule has 0 saturated carbocycles. The van der Waals surface area contributed by atoms with Gasteiger partial charge in [0, 0.05) is 25.5 Å². The minimum absolute atomic E-state index is 0.115. The summed E-state index contributed by atoms with van der Waals surface area (Å²) < 4.78 is 1.67. The molecule has 0 aliphatic carbocycles. The highest BCUT2D eigenvalue weighted by Gasteiger charge is 2.31. The lowest BCUT2D eigenvalue weighted by molar-refractivity contribution is 0.0596. The highest BCUT2D eigenvalue weighted by molar-refractivity contribution is 5.95. The largest absolute Gasteiger partial charge is 0.477 e. The number of likely N-dealkylation sites (tertiary alicyclic amines) is 1. The van der Waals surface area contributed by atoms with E-state index in [4.69, 9.17) is 0 Å². The number of fused-ring (bicyclic) bond motifs is 1. The molecule has 4 heterocycles. The van der Waals surface area contributed by atoms with Crippen molar-refractivity contribution in [2.24, 2.45) is 7.05 Å². The molecule has 1 atom stereocenters. The van der Waals surface area contributed by atoms with E-state index in [2.05, 4.69) is 9.97 Å². The van der Waals surface area contributed by atoms with Gasteiger partial charge in [-0.3, -0.25) is 4.79 Å². The Bertz CT molecular complexity index is 988.